The number of benzene rings is 6. The summed E-state index contributed by atoms with van der Waals surface area (Å²) in [6.45, 7) is 0. The second-order valence-corrected chi connectivity index (χ2v) is 11.0. The highest BCUT2D eigenvalue weighted by Crippen LogP contribution is 2.40. The Labute approximate surface area is 255 Å². The fraction of sp³-hybridized carbons (Fsp3) is 0.0250. The van der Waals surface area contributed by atoms with E-state index in [4.69, 9.17) is 10.7 Å². The lowest BCUT2D eigenvalue weighted by Crippen LogP contribution is -2.07. The minimum absolute atomic E-state index is 0.297. The van der Waals surface area contributed by atoms with Gasteiger partial charge in [0.2, 0.25) is 0 Å². The summed E-state index contributed by atoms with van der Waals surface area (Å²) in [5.74, 6) is 0. The zero-order valence-electron chi connectivity index (χ0n) is 24.1. The number of aliphatic imine (C=N–C) groups is 1. The first-order valence-corrected chi connectivity index (χ1v) is 14.9. The molecule has 0 saturated heterocycles. The maximum absolute atomic E-state index is 6.70. The Kier molecular flexibility index (Phi) is 6.40. The molecule has 0 saturated carbocycles. The van der Waals surface area contributed by atoms with Crippen LogP contribution >= 0.6 is 0 Å². The van der Waals surface area contributed by atoms with E-state index in [1.807, 2.05) is 48.8 Å². The van der Waals surface area contributed by atoms with Gasteiger partial charge in [-0.1, -0.05) is 127 Å². The Balaban J connectivity index is 1.43. The van der Waals surface area contributed by atoms with Gasteiger partial charge < -0.3 is 10.3 Å². The van der Waals surface area contributed by atoms with E-state index in [9.17, 15) is 0 Å². The van der Waals surface area contributed by atoms with Gasteiger partial charge in [0.15, 0.2) is 0 Å². The predicted octanol–water partition coefficient (Wildman–Crippen LogP) is 9.51. The quantitative estimate of drug-likeness (QED) is 0.158. The highest BCUT2D eigenvalue weighted by Gasteiger charge is 2.19. The number of nitrogens with two attached hydrogens (primary N) is 1. The van der Waals surface area contributed by atoms with Crippen molar-refractivity contribution in [1.29, 1.82) is 0 Å². The number of hydrogen-bond acceptors (Lipinski definition) is 2. The zero-order chi connectivity index (χ0) is 29.5. The molecular formula is C40H30N4. The Morgan fingerprint density at radius 2 is 1.09 bits per heavy atom. The molecule has 2 N–H and O–H groups in total. The Bertz CT molecular complexity index is 2330. The molecule has 2 aromatic heterocycles. The standard InChI is InChI=1S/C40H30N4/c41-35(28-14-4-1-5-15-28)26-36(29-16-6-2-7-17-29)42-27-43-37-22-12-10-20-31(37)33-24-25-34-32-21-11-13-23-38(32)44(40(34)39(33)43)30-18-8-3-9-19-30/h1-27,35H,41H2/b36-26-,42-27?. The molecule has 0 bridgehead atoms. The molecule has 4 heteroatoms. The summed E-state index contributed by atoms with van der Waals surface area (Å²) < 4.78 is 4.63. The zero-order valence-corrected chi connectivity index (χ0v) is 24.1. The Morgan fingerprint density at radius 1 is 0.545 bits per heavy atom. The van der Waals surface area contributed by atoms with Crippen LogP contribution < -0.4 is 5.73 Å². The topological polar surface area (TPSA) is 48.2 Å². The van der Waals surface area contributed by atoms with Crippen LogP contribution in [0.25, 0.3) is 55.0 Å². The summed E-state index contributed by atoms with van der Waals surface area (Å²) in [7, 11) is 0. The molecular weight excluding hydrogens is 536 g/mol. The molecule has 0 amide bonds. The van der Waals surface area contributed by atoms with E-state index < -0.39 is 0 Å². The first-order valence-electron chi connectivity index (χ1n) is 14.9. The smallest absolute Gasteiger partial charge is 0.100 e. The summed E-state index contributed by atoms with van der Waals surface area (Å²) in [5.41, 5.74) is 15.3. The normalized spacial score (nSPS) is 13.1. The summed E-state index contributed by atoms with van der Waals surface area (Å²) in [4.78, 5) is 5.18. The molecule has 1 atom stereocenters. The summed E-state index contributed by atoms with van der Waals surface area (Å²) in [5, 5.41) is 4.80. The van der Waals surface area contributed by atoms with Gasteiger partial charge in [-0.2, -0.15) is 0 Å². The van der Waals surface area contributed by atoms with Crippen molar-refractivity contribution >= 4 is 55.6 Å². The van der Waals surface area contributed by atoms with Gasteiger partial charge in [0.05, 0.1) is 33.8 Å². The molecule has 4 nitrogen and oxygen atoms in total. The third-order valence-electron chi connectivity index (χ3n) is 8.42. The fourth-order valence-corrected chi connectivity index (χ4v) is 6.38. The van der Waals surface area contributed by atoms with Crippen LogP contribution in [-0.2, 0) is 0 Å². The van der Waals surface area contributed by atoms with E-state index in [1.54, 1.807) is 0 Å². The number of aromatic nitrogens is 2. The van der Waals surface area contributed by atoms with Gasteiger partial charge >= 0.3 is 0 Å². The van der Waals surface area contributed by atoms with E-state index in [0.717, 1.165) is 39.1 Å². The van der Waals surface area contributed by atoms with Gasteiger partial charge in [0, 0.05) is 27.2 Å². The SMILES string of the molecule is NC(/C=C(\N=Cn1c2ccccc2c2ccc3c4ccccc4n(-c4ccccc4)c3c21)c1ccccc1)c1ccccc1. The Hall–Kier alpha value is -5.71. The predicted molar refractivity (Wildman–Crippen MR) is 185 cm³/mol. The number of para-hydroxylation sites is 3. The lowest BCUT2D eigenvalue weighted by molar-refractivity contribution is 0.911. The number of rotatable bonds is 6. The van der Waals surface area contributed by atoms with E-state index in [-0.39, 0.29) is 6.04 Å². The number of nitrogens with zero attached hydrogens (tertiary/aromatic N) is 3. The molecule has 2 heterocycles. The summed E-state index contributed by atoms with van der Waals surface area (Å²) in [6.07, 6.45) is 4.01. The molecule has 1 unspecified atom stereocenters. The molecule has 0 radical (unpaired) electrons. The highest BCUT2D eigenvalue weighted by molar-refractivity contribution is 6.24. The van der Waals surface area contributed by atoms with E-state index >= 15 is 0 Å². The van der Waals surface area contributed by atoms with Gasteiger partial charge in [0.1, 0.15) is 6.34 Å². The van der Waals surface area contributed by atoms with E-state index in [2.05, 4.69) is 124 Å². The van der Waals surface area contributed by atoms with Gasteiger partial charge in [-0.05, 0) is 41.5 Å². The van der Waals surface area contributed by atoms with Gasteiger partial charge in [-0.3, -0.25) is 4.57 Å². The van der Waals surface area contributed by atoms with Crippen LogP contribution in [-0.4, -0.2) is 15.5 Å². The van der Waals surface area contributed by atoms with Crippen molar-refractivity contribution in [1.82, 2.24) is 9.13 Å². The van der Waals surface area contributed by atoms with E-state index in [0.29, 0.717) is 0 Å². The maximum atomic E-state index is 6.70. The first-order chi connectivity index (χ1) is 21.8. The monoisotopic (exact) mass is 566 g/mol. The van der Waals surface area contributed by atoms with Crippen LogP contribution in [0, 0.1) is 0 Å². The maximum Gasteiger partial charge on any atom is 0.100 e. The second kappa shape index (κ2) is 10.8. The average molecular weight is 567 g/mol. The van der Waals surface area contributed by atoms with Crippen molar-refractivity contribution in [3.05, 3.63) is 169 Å². The van der Waals surface area contributed by atoms with Gasteiger partial charge in [-0.15, -0.1) is 0 Å². The van der Waals surface area contributed by atoms with Crippen LogP contribution in [0.4, 0.5) is 0 Å². The third kappa shape index (κ3) is 4.32. The summed E-state index contributed by atoms with van der Waals surface area (Å²) in [6, 6.07) is 52.5. The molecule has 0 aliphatic carbocycles. The largest absolute Gasteiger partial charge is 0.321 e. The van der Waals surface area contributed by atoms with Gasteiger partial charge in [0.25, 0.3) is 0 Å². The minimum Gasteiger partial charge on any atom is -0.321 e. The van der Waals surface area contributed by atoms with Crippen LogP contribution in [0.15, 0.2) is 163 Å². The van der Waals surface area contributed by atoms with Crippen LogP contribution in [0.5, 0.6) is 0 Å². The third-order valence-corrected chi connectivity index (χ3v) is 8.42. The van der Waals surface area contributed by atoms with Crippen molar-refractivity contribution in [2.75, 3.05) is 0 Å². The summed E-state index contributed by atoms with van der Waals surface area (Å²) >= 11 is 0. The molecule has 8 aromatic rings. The van der Waals surface area contributed by atoms with Crippen molar-refractivity contribution in [2.24, 2.45) is 10.7 Å². The molecule has 0 spiro atoms. The average Bonchev–Trinajstić information content (AvgIpc) is 3.60. The Morgan fingerprint density at radius 3 is 1.80 bits per heavy atom. The molecule has 0 aliphatic heterocycles. The number of hydrogen-bond donors (Lipinski definition) is 1. The van der Waals surface area contributed by atoms with Crippen molar-refractivity contribution in [3.8, 4) is 5.69 Å². The van der Waals surface area contributed by atoms with Crippen molar-refractivity contribution in [3.63, 3.8) is 0 Å². The van der Waals surface area contributed by atoms with Crippen LogP contribution in [0.1, 0.15) is 17.2 Å². The number of fused-ring (bicyclic) bond motifs is 7. The second-order valence-electron chi connectivity index (χ2n) is 11.0. The fourth-order valence-electron chi connectivity index (χ4n) is 6.38. The van der Waals surface area contributed by atoms with Crippen LogP contribution in [0.3, 0.4) is 0 Å². The van der Waals surface area contributed by atoms with Gasteiger partial charge in [-0.25, -0.2) is 4.99 Å². The highest BCUT2D eigenvalue weighted by atomic mass is 15.1. The molecule has 210 valence electrons. The first kappa shape index (κ1) is 26.0. The molecule has 0 fully saturated rings. The lowest BCUT2D eigenvalue weighted by Gasteiger charge is -2.11. The molecule has 8 rings (SSSR count). The van der Waals surface area contributed by atoms with Crippen LogP contribution in [0.2, 0.25) is 0 Å². The van der Waals surface area contributed by atoms with E-state index in [1.165, 1.54) is 27.1 Å². The molecule has 44 heavy (non-hydrogen) atoms. The lowest BCUT2D eigenvalue weighted by atomic mass is 10.0. The van der Waals surface area contributed by atoms with Crippen molar-refractivity contribution < 1.29 is 0 Å². The minimum atomic E-state index is -0.297. The molecule has 0 aliphatic rings. The molecule has 6 aromatic carbocycles. The van der Waals surface area contributed by atoms with Crippen molar-refractivity contribution in [2.45, 2.75) is 6.04 Å².